The predicted molar refractivity (Wildman–Crippen MR) is 112 cm³/mol. The van der Waals surface area contributed by atoms with Gasteiger partial charge in [0.25, 0.3) is 5.91 Å². The second-order valence-electron chi connectivity index (χ2n) is 8.51. The van der Waals surface area contributed by atoms with Crippen LogP contribution in [0.5, 0.6) is 0 Å². The largest absolute Gasteiger partial charge is 0.312 e. The summed E-state index contributed by atoms with van der Waals surface area (Å²) in [7, 11) is 0. The number of anilines is 1. The van der Waals surface area contributed by atoms with Gasteiger partial charge >= 0.3 is 0 Å². The number of nitrogens with zero attached hydrogens (tertiary/aromatic N) is 1. The van der Waals surface area contributed by atoms with Crippen LogP contribution in [0.2, 0.25) is 0 Å². The van der Waals surface area contributed by atoms with Crippen LogP contribution in [-0.4, -0.2) is 24.3 Å². The summed E-state index contributed by atoms with van der Waals surface area (Å²) in [5, 5.41) is 0. The van der Waals surface area contributed by atoms with E-state index < -0.39 is 11.8 Å². The number of hydrogen-bond donors (Lipinski definition) is 2. The maximum absolute atomic E-state index is 12.4. The lowest BCUT2D eigenvalue weighted by atomic mass is 9.87. The highest BCUT2D eigenvalue weighted by atomic mass is 16.2. The topological polar surface area (TPSA) is 78.5 Å². The molecule has 2 aromatic rings. The summed E-state index contributed by atoms with van der Waals surface area (Å²) in [6.07, 6.45) is 0.121. The van der Waals surface area contributed by atoms with Gasteiger partial charge in [0.05, 0.1) is 5.92 Å². The molecule has 2 aromatic carbocycles. The molecule has 1 fully saturated rings. The van der Waals surface area contributed by atoms with Gasteiger partial charge in [-0.3, -0.25) is 25.2 Å². The van der Waals surface area contributed by atoms with Crippen molar-refractivity contribution in [3.8, 4) is 0 Å². The van der Waals surface area contributed by atoms with Gasteiger partial charge in [-0.05, 0) is 42.2 Å². The minimum Gasteiger partial charge on any atom is -0.312 e. The van der Waals surface area contributed by atoms with Gasteiger partial charge in [-0.1, -0.05) is 50.6 Å². The minimum atomic E-state index is -0.507. The Balaban J connectivity index is 1.56. The van der Waals surface area contributed by atoms with Gasteiger partial charge in [-0.25, -0.2) is 0 Å². The van der Waals surface area contributed by atoms with E-state index in [-0.39, 0.29) is 23.7 Å². The van der Waals surface area contributed by atoms with Gasteiger partial charge in [0.2, 0.25) is 11.8 Å². The van der Waals surface area contributed by atoms with E-state index in [0.717, 1.165) is 16.8 Å². The Bertz CT molecular complexity index is 912. The molecule has 0 aliphatic carbocycles. The van der Waals surface area contributed by atoms with Crippen molar-refractivity contribution in [2.75, 3.05) is 11.4 Å². The molecule has 6 heteroatoms. The number of hydrogen-bond acceptors (Lipinski definition) is 3. The van der Waals surface area contributed by atoms with E-state index in [0.29, 0.717) is 12.1 Å². The molecule has 3 rings (SSSR count). The molecule has 1 saturated heterocycles. The van der Waals surface area contributed by atoms with Crippen LogP contribution in [0.4, 0.5) is 5.69 Å². The molecule has 1 atom stereocenters. The van der Waals surface area contributed by atoms with E-state index in [1.54, 1.807) is 17.0 Å². The van der Waals surface area contributed by atoms with Crippen LogP contribution in [-0.2, 0) is 15.0 Å². The molecule has 6 nitrogen and oxygen atoms in total. The third-order valence-corrected chi connectivity index (χ3v) is 5.15. The molecule has 2 N–H and O–H groups in total. The lowest BCUT2D eigenvalue weighted by Crippen LogP contribution is -2.45. The first kappa shape index (κ1) is 20.6. The Morgan fingerprint density at radius 2 is 1.59 bits per heavy atom. The zero-order valence-corrected chi connectivity index (χ0v) is 17.3. The van der Waals surface area contributed by atoms with Crippen LogP contribution >= 0.6 is 0 Å². The van der Waals surface area contributed by atoms with E-state index in [1.807, 2.05) is 43.3 Å². The molecular formula is C23H27N3O3. The molecule has 1 aliphatic heterocycles. The fourth-order valence-corrected chi connectivity index (χ4v) is 3.27. The lowest BCUT2D eigenvalue weighted by Gasteiger charge is -2.19. The molecule has 29 heavy (non-hydrogen) atoms. The smallest absolute Gasteiger partial charge is 0.269 e. The highest BCUT2D eigenvalue weighted by molar-refractivity contribution is 6.01. The second-order valence-corrected chi connectivity index (χ2v) is 8.51. The van der Waals surface area contributed by atoms with Gasteiger partial charge in [-0.15, -0.1) is 0 Å². The van der Waals surface area contributed by atoms with E-state index in [2.05, 4.69) is 31.6 Å². The highest BCUT2D eigenvalue weighted by Gasteiger charge is 2.35. The summed E-state index contributed by atoms with van der Waals surface area (Å²) >= 11 is 0. The molecule has 0 unspecified atom stereocenters. The molecule has 1 aliphatic rings. The summed E-state index contributed by atoms with van der Waals surface area (Å²) in [6.45, 7) is 8.58. The van der Waals surface area contributed by atoms with Crippen molar-refractivity contribution < 1.29 is 14.4 Å². The first-order valence-corrected chi connectivity index (χ1v) is 9.73. The SMILES string of the molecule is Cc1ccc(N2C[C@H](C(=O)NNC(=O)c3ccc(C(C)(C)C)cc3)CC2=O)cc1. The molecule has 0 bridgehead atoms. The third kappa shape index (κ3) is 4.83. The summed E-state index contributed by atoms with van der Waals surface area (Å²) in [4.78, 5) is 38.7. The standard InChI is InChI=1S/C23H27N3O3/c1-15-5-11-19(12-6-15)26-14-17(13-20(26)27)22(29)25-24-21(28)16-7-9-18(10-8-16)23(2,3)4/h5-12,17H,13-14H2,1-4H3,(H,24,28)(H,25,29)/t17-/m1/s1. The van der Waals surface area contributed by atoms with E-state index in [1.165, 1.54) is 0 Å². The Morgan fingerprint density at radius 3 is 2.17 bits per heavy atom. The second kappa shape index (κ2) is 8.07. The summed E-state index contributed by atoms with van der Waals surface area (Å²) < 4.78 is 0. The monoisotopic (exact) mass is 393 g/mol. The number of rotatable bonds is 3. The van der Waals surface area contributed by atoms with Crippen LogP contribution < -0.4 is 15.8 Å². The Labute approximate surface area is 171 Å². The average molecular weight is 393 g/mol. The Hall–Kier alpha value is -3.15. The maximum Gasteiger partial charge on any atom is 0.269 e. The number of hydrazine groups is 1. The van der Waals surface area contributed by atoms with Crippen molar-refractivity contribution in [2.45, 2.75) is 39.5 Å². The number of carbonyl (C=O) groups excluding carboxylic acids is 3. The van der Waals surface area contributed by atoms with Gasteiger partial charge in [0.15, 0.2) is 0 Å². The van der Waals surface area contributed by atoms with Gasteiger partial charge in [0, 0.05) is 24.2 Å². The van der Waals surface area contributed by atoms with Crippen LogP contribution in [0.3, 0.4) is 0 Å². The number of aryl methyl sites for hydroxylation is 1. The fraction of sp³-hybridized carbons (Fsp3) is 0.348. The van der Waals surface area contributed by atoms with Crippen LogP contribution in [0.1, 0.15) is 48.7 Å². The molecule has 0 saturated carbocycles. The molecular weight excluding hydrogens is 366 g/mol. The van der Waals surface area contributed by atoms with Gasteiger partial charge in [0.1, 0.15) is 0 Å². The number of nitrogens with one attached hydrogen (secondary N) is 2. The van der Waals surface area contributed by atoms with Gasteiger partial charge < -0.3 is 4.90 Å². The maximum atomic E-state index is 12.4. The zero-order valence-electron chi connectivity index (χ0n) is 17.3. The molecule has 152 valence electrons. The third-order valence-electron chi connectivity index (χ3n) is 5.15. The summed E-state index contributed by atoms with van der Waals surface area (Å²) in [6, 6.07) is 14.9. The molecule has 0 spiro atoms. The number of amides is 3. The van der Waals surface area contributed by atoms with Crippen molar-refractivity contribution in [1.29, 1.82) is 0 Å². The normalized spacial score (nSPS) is 16.6. The highest BCUT2D eigenvalue weighted by Crippen LogP contribution is 2.25. The molecule has 0 radical (unpaired) electrons. The van der Waals surface area contributed by atoms with Crippen LogP contribution in [0.25, 0.3) is 0 Å². The lowest BCUT2D eigenvalue weighted by molar-refractivity contribution is -0.126. The Kier molecular flexibility index (Phi) is 5.73. The zero-order chi connectivity index (χ0) is 21.2. The Morgan fingerprint density at radius 1 is 0.966 bits per heavy atom. The quantitative estimate of drug-likeness (QED) is 0.787. The van der Waals surface area contributed by atoms with E-state index >= 15 is 0 Å². The molecule has 1 heterocycles. The summed E-state index contributed by atoms with van der Waals surface area (Å²) in [5.41, 5.74) is 8.36. The van der Waals surface area contributed by atoms with Gasteiger partial charge in [-0.2, -0.15) is 0 Å². The van der Waals surface area contributed by atoms with E-state index in [9.17, 15) is 14.4 Å². The van der Waals surface area contributed by atoms with Crippen molar-refractivity contribution in [1.82, 2.24) is 10.9 Å². The number of carbonyl (C=O) groups is 3. The summed E-state index contributed by atoms with van der Waals surface area (Å²) in [5.74, 6) is -1.36. The fourth-order valence-electron chi connectivity index (χ4n) is 3.27. The van der Waals surface area contributed by atoms with Crippen LogP contribution in [0.15, 0.2) is 48.5 Å². The first-order valence-electron chi connectivity index (χ1n) is 9.73. The number of benzene rings is 2. The van der Waals surface area contributed by atoms with E-state index in [4.69, 9.17) is 0 Å². The van der Waals surface area contributed by atoms with Crippen molar-refractivity contribution in [3.05, 3.63) is 65.2 Å². The molecule has 0 aromatic heterocycles. The van der Waals surface area contributed by atoms with Crippen molar-refractivity contribution in [2.24, 2.45) is 5.92 Å². The first-order chi connectivity index (χ1) is 13.6. The van der Waals surface area contributed by atoms with Crippen molar-refractivity contribution >= 4 is 23.4 Å². The van der Waals surface area contributed by atoms with Crippen molar-refractivity contribution in [3.63, 3.8) is 0 Å². The minimum absolute atomic E-state index is 0.00154. The predicted octanol–water partition coefficient (Wildman–Crippen LogP) is 3.11. The molecule has 3 amide bonds. The average Bonchev–Trinajstić information content (AvgIpc) is 3.07. The van der Waals surface area contributed by atoms with Crippen LogP contribution in [0, 0.1) is 12.8 Å².